The van der Waals surface area contributed by atoms with Crippen molar-refractivity contribution in [1.29, 1.82) is 0 Å². The van der Waals surface area contributed by atoms with E-state index in [0.717, 1.165) is 22.7 Å². The Morgan fingerprint density at radius 3 is 1.06 bits per heavy atom. The maximum Gasteiger partial charge on any atom is 0.0541 e. The Balaban J connectivity index is 0.835. The molecule has 332 valence electrons. The lowest BCUT2D eigenvalue weighted by Crippen LogP contribution is -2.11. The minimum Gasteiger partial charge on any atom is -0.309 e. The molecule has 0 spiro atoms. The molecule has 0 aliphatic carbocycles. The summed E-state index contributed by atoms with van der Waals surface area (Å²) in [5.74, 6) is 0. The zero-order valence-corrected chi connectivity index (χ0v) is 38.8. The molecule has 71 heavy (non-hydrogen) atoms. The molecular weight excluding hydrogens is 859 g/mol. The van der Waals surface area contributed by atoms with Crippen LogP contribution in [0.3, 0.4) is 0 Å². The van der Waals surface area contributed by atoms with Crippen LogP contribution in [0, 0.1) is 0 Å². The van der Waals surface area contributed by atoms with Crippen molar-refractivity contribution in [2.75, 3.05) is 4.90 Å². The highest BCUT2D eigenvalue weighted by atomic mass is 15.1. The van der Waals surface area contributed by atoms with Gasteiger partial charge in [0.05, 0.1) is 33.4 Å². The SMILES string of the molecule is c1ccc(-n2c3ccccc3c3cc(-c4ccc5c(c4)c4cc(-c6ccc(-c7ccc(N(c8cccc9ccccc89)c8cccc9ccccc89)cc7)cc6)ccc4n5-c4ccccc4)ccc32)cc1. The van der Waals surface area contributed by atoms with Crippen LogP contribution in [0.1, 0.15) is 0 Å². The van der Waals surface area contributed by atoms with Crippen LogP contribution < -0.4 is 4.90 Å². The standard InChI is InChI=1S/C68H45N3/c1-3-19-54(20-4-1)69-65-26-12-11-25-59(65)60-44-52(36-41-66(60)69)53-37-42-68-62(45-53)61-43-51(35-40-67(61)70(68)55-21-5-2-6-22-55)48-31-29-46(30-32-48)47-33-38-56(39-34-47)71(63-27-13-17-49-15-7-9-23-57(49)63)64-28-14-18-50-16-8-10-24-58(50)64/h1-45H. The Morgan fingerprint density at radius 1 is 0.225 bits per heavy atom. The Morgan fingerprint density at radius 2 is 0.563 bits per heavy atom. The molecular formula is C68H45N3. The molecule has 2 aromatic heterocycles. The normalized spacial score (nSPS) is 11.7. The summed E-state index contributed by atoms with van der Waals surface area (Å²) < 4.78 is 4.79. The summed E-state index contributed by atoms with van der Waals surface area (Å²) in [6.07, 6.45) is 0. The molecule has 14 rings (SSSR count). The maximum absolute atomic E-state index is 2.41. The van der Waals surface area contributed by atoms with Crippen molar-refractivity contribution in [3.63, 3.8) is 0 Å². The van der Waals surface area contributed by atoms with Crippen LogP contribution in [0.15, 0.2) is 273 Å². The quantitative estimate of drug-likeness (QED) is 0.148. The largest absolute Gasteiger partial charge is 0.309 e. The maximum atomic E-state index is 2.41. The molecule has 0 radical (unpaired) electrons. The third kappa shape index (κ3) is 6.82. The topological polar surface area (TPSA) is 13.1 Å². The fourth-order valence-corrected chi connectivity index (χ4v) is 11.1. The molecule has 3 nitrogen and oxygen atoms in total. The van der Waals surface area contributed by atoms with Gasteiger partial charge in [0.2, 0.25) is 0 Å². The lowest BCUT2D eigenvalue weighted by molar-refractivity contribution is 1.18. The average Bonchev–Trinajstić information content (AvgIpc) is 3.96. The highest BCUT2D eigenvalue weighted by Gasteiger charge is 2.20. The third-order valence-corrected chi connectivity index (χ3v) is 14.5. The predicted molar refractivity (Wildman–Crippen MR) is 301 cm³/mol. The average molecular weight is 904 g/mol. The second kappa shape index (κ2) is 16.7. The van der Waals surface area contributed by atoms with Crippen molar-refractivity contribution in [3.8, 4) is 44.8 Å². The first-order valence-electron chi connectivity index (χ1n) is 24.4. The highest BCUT2D eigenvalue weighted by molar-refractivity contribution is 6.13. The van der Waals surface area contributed by atoms with Gasteiger partial charge in [0.1, 0.15) is 0 Å². The minimum absolute atomic E-state index is 1.11. The molecule has 0 unspecified atom stereocenters. The lowest BCUT2D eigenvalue weighted by Gasteiger charge is -2.28. The first-order valence-corrected chi connectivity index (χ1v) is 24.4. The van der Waals surface area contributed by atoms with E-state index in [-0.39, 0.29) is 0 Å². The fourth-order valence-electron chi connectivity index (χ4n) is 11.1. The molecule has 0 saturated heterocycles. The molecule has 0 fully saturated rings. The number of aromatic nitrogens is 2. The summed E-state index contributed by atoms with van der Waals surface area (Å²) >= 11 is 0. The summed E-state index contributed by atoms with van der Waals surface area (Å²) in [5.41, 5.74) is 17.6. The van der Waals surface area contributed by atoms with Crippen LogP contribution in [-0.4, -0.2) is 9.13 Å². The number of hydrogen-bond acceptors (Lipinski definition) is 1. The zero-order valence-electron chi connectivity index (χ0n) is 38.8. The van der Waals surface area contributed by atoms with Crippen LogP contribution in [0.5, 0.6) is 0 Å². The van der Waals surface area contributed by atoms with Gasteiger partial charge in [-0.2, -0.15) is 0 Å². The van der Waals surface area contributed by atoms with Crippen molar-refractivity contribution >= 4 is 82.2 Å². The summed E-state index contributed by atoms with van der Waals surface area (Å²) in [7, 11) is 0. The fraction of sp³-hybridized carbons (Fsp3) is 0. The molecule has 14 aromatic rings. The van der Waals surface area contributed by atoms with E-state index in [1.807, 2.05) is 0 Å². The third-order valence-electron chi connectivity index (χ3n) is 14.5. The monoisotopic (exact) mass is 903 g/mol. The Hall–Kier alpha value is -9.44. The van der Waals surface area contributed by atoms with E-state index in [9.17, 15) is 0 Å². The number of anilines is 3. The van der Waals surface area contributed by atoms with Gasteiger partial charge in [-0.3, -0.25) is 0 Å². The molecule has 12 aromatic carbocycles. The smallest absolute Gasteiger partial charge is 0.0541 e. The number of hydrogen-bond donors (Lipinski definition) is 0. The van der Waals surface area contributed by atoms with Gasteiger partial charge in [-0.25, -0.2) is 0 Å². The number of benzene rings is 12. The van der Waals surface area contributed by atoms with E-state index in [4.69, 9.17) is 0 Å². The molecule has 0 bridgehead atoms. The van der Waals surface area contributed by atoms with Crippen LogP contribution in [0.25, 0.3) is 110 Å². The van der Waals surface area contributed by atoms with Crippen molar-refractivity contribution in [2.24, 2.45) is 0 Å². The highest BCUT2D eigenvalue weighted by Crippen LogP contribution is 2.44. The summed E-state index contributed by atoms with van der Waals surface area (Å²) in [5, 5.41) is 9.83. The molecule has 0 aliphatic rings. The Labute approximate surface area is 412 Å². The van der Waals surface area contributed by atoms with E-state index in [1.54, 1.807) is 0 Å². The molecule has 0 saturated carbocycles. The zero-order chi connectivity index (χ0) is 46.8. The van der Waals surface area contributed by atoms with Crippen LogP contribution in [-0.2, 0) is 0 Å². The van der Waals surface area contributed by atoms with Gasteiger partial charge >= 0.3 is 0 Å². The molecule has 0 atom stereocenters. The lowest BCUT2D eigenvalue weighted by atomic mass is 9.97. The van der Waals surface area contributed by atoms with Gasteiger partial charge in [-0.15, -0.1) is 0 Å². The van der Waals surface area contributed by atoms with Gasteiger partial charge < -0.3 is 14.0 Å². The number of rotatable bonds is 8. The van der Waals surface area contributed by atoms with Gasteiger partial charge in [0.15, 0.2) is 0 Å². The van der Waals surface area contributed by atoms with Crippen molar-refractivity contribution in [2.45, 2.75) is 0 Å². The Bertz CT molecular complexity index is 4230. The van der Waals surface area contributed by atoms with E-state index in [0.29, 0.717) is 0 Å². The minimum atomic E-state index is 1.11. The van der Waals surface area contributed by atoms with Gasteiger partial charge in [0, 0.05) is 49.4 Å². The molecule has 0 amide bonds. The summed E-state index contributed by atoms with van der Waals surface area (Å²) in [6.45, 7) is 0. The van der Waals surface area contributed by atoms with Crippen molar-refractivity contribution in [1.82, 2.24) is 9.13 Å². The molecule has 2 heterocycles. The van der Waals surface area contributed by atoms with E-state index >= 15 is 0 Å². The molecule has 0 N–H and O–H groups in total. The second-order valence-electron chi connectivity index (χ2n) is 18.5. The Kier molecular flexibility index (Phi) is 9.53. The molecule has 3 heteroatoms. The van der Waals surface area contributed by atoms with Crippen molar-refractivity contribution in [3.05, 3.63) is 273 Å². The van der Waals surface area contributed by atoms with E-state index < -0.39 is 0 Å². The van der Waals surface area contributed by atoms with Crippen molar-refractivity contribution < 1.29 is 0 Å². The van der Waals surface area contributed by atoms with Gasteiger partial charge in [-0.05, 0) is 135 Å². The van der Waals surface area contributed by atoms with Crippen LogP contribution in [0.4, 0.5) is 17.1 Å². The first kappa shape index (κ1) is 40.6. The number of para-hydroxylation sites is 3. The number of fused-ring (bicyclic) bond motifs is 8. The predicted octanol–water partition coefficient (Wildman–Crippen LogP) is 18.7. The first-order chi connectivity index (χ1) is 35.2. The van der Waals surface area contributed by atoms with Gasteiger partial charge in [-0.1, -0.05) is 182 Å². The molecule has 0 aliphatic heterocycles. The van der Waals surface area contributed by atoms with Crippen LogP contribution >= 0.6 is 0 Å². The van der Waals surface area contributed by atoms with E-state index in [2.05, 4.69) is 287 Å². The number of nitrogens with zero attached hydrogens (tertiary/aromatic N) is 3. The van der Waals surface area contributed by atoms with E-state index in [1.165, 1.54) is 104 Å². The van der Waals surface area contributed by atoms with Gasteiger partial charge in [0.25, 0.3) is 0 Å². The summed E-state index contributed by atoms with van der Waals surface area (Å²) in [6, 6.07) is 99.7. The van der Waals surface area contributed by atoms with Crippen LogP contribution in [0.2, 0.25) is 0 Å². The summed E-state index contributed by atoms with van der Waals surface area (Å²) in [4.78, 5) is 2.41. The second-order valence-corrected chi connectivity index (χ2v) is 18.5.